The summed E-state index contributed by atoms with van der Waals surface area (Å²) < 4.78 is 5.56. The van der Waals surface area contributed by atoms with Crippen molar-refractivity contribution in [2.45, 2.75) is 39.3 Å². The zero-order valence-corrected chi connectivity index (χ0v) is 14.4. The molecule has 5 nitrogen and oxygen atoms in total. The lowest BCUT2D eigenvalue weighted by Crippen LogP contribution is -2.48. The summed E-state index contributed by atoms with van der Waals surface area (Å²) in [5.41, 5.74) is 1.76. The average molecular weight is 315 g/mol. The largest absolute Gasteiger partial charge is 0.494 e. The molecule has 1 aromatic rings. The summed E-state index contributed by atoms with van der Waals surface area (Å²) in [7, 11) is 1.69. The molecule has 1 heterocycles. The molecule has 5 heteroatoms. The van der Waals surface area contributed by atoms with Gasteiger partial charge in [0.15, 0.2) is 0 Å². The Hall–Kier alpha value is -2.06. The SMILES string of the molecule is CCOc1ccc2c(c1)CN(CC(=O)N(C)C(C)(C)C#N)CC2. The van der Waals surface area contributed by atoms with Gasteiger partial charge in [-0.1, -0.05) is 6.07 Å². The summed E-state index contributed by atoms with van der Waals surface area (Å²) in [6.45, 7) is 8.05. The predicted octanol–water partition coefficient (Wildman–Crippen LogP) is 2.20. The molecule has 0 saturated carbocycles. The molecule has 0 fully saturated rings. The number of carbonyl (C=O) groups excluding carboxylic acids is 1. The number of hydrogen-bond donors (Lipinski definition) is 0. The topological polar surface area (TPSA) is 56.6 Å². The third kappa shape index (κ3) is 4.02. The van der Waals surface area contributed by atoms with Crippen LogP contribution in [0.4, 0.5) is 0 Å². The van der Waals surface area contributed by atoms with Crippen molar-refractivity contribution in [1.82, 2.24) is 9.80 Å². The van der Waals surface area contributed by atoms with Crippen LogP contribution in [0.1, 0.15) is 31.9 Å². The van der Waals surface area contributed by atoms with Gasteiger partial charge in [-0.05, 0) is 50.5 Å². The molecular weight excluding hydrogens is 290 g/mol. The molecule has 1 amide bonds. The lowest BCUT2D eigenvalue weighted by Gasteiger charge is -2.33. The van der Waals surface area contributed by atoms with Crippen molar-refractivity contribution in [3.8, 4) is 11.8 Å². The van der Waals surface area contributed by atoms with E-state index < -0.39 is 5.54 Å². The standard InChI is InChI=1S/C18H25N3O2/c1-5-23-16-7-6-14-8-9-21(11-15(14)10-16)12-17(22)20(4)18(2,3)13-19/h6-7,10H,5,8-9,11-12H2,1-4H3. The van der Waals surface area contributed by atoms with Gasteiger partial charge in [0, 0.05) is 20.1 Å². The number of ether oxygens (including phenoxy) is 1. The summed E-state index contributed by atoms with van der Waals surface area (Å²) in [5, 5.41) is 9.16. The van der Waals surface area contributed by atoms with E-state index in [1.54, 1.807) is 20.9 Å². The number of fused-ring (bicyclic) bond motifs is 1. The molecule has 0 atom stereocenters. The van der Waals surface area contributed by atoms with Crippen molar-refractivity contribution in [3.63, 3.8) is 0 Å². The Labute approximate surface area is 138 Å². The molecule has 2 rings (SSSR count). The minimum atomic E-state index is -0.785. The molecule has 0 radical (unpaired) electrons. The Bertz CT molecular complexity index is 619. The number of carbonyl (C=O) groups is 1. The minimum absolute atomic E-state index is 0.0269. The maximum atomic E-state index is 12.4. The fraction of sp³-hybridized carbons (Fsp3) is 0.556. The van der Waals surface area contributed by atoms with Crippen molar-refractivity contribution < 1.29 is 9.53 Å². The van der Waals surface area contributed by atoms with Crippen molar-refractivity contribution in [2.24, 2.45) is 0 Å². The Kier molecular flexibility index (Phi) is 5.27. The molecule has 0 unspecified atom stereocenters. The second-order valence-corrected chi connectivity index (χ2v) is 6.45. The van der Waals surface area contributed by atoms with E-state index in [9.17, 15) is 4.79 Å². The van der Waals surface area contributed by atoms with E-state index in [0.717, 1.165) is 25.3 Å². The van der Waals surface area contributed by atoms with Gasteiger partial charge < -0.3 is 9.64 Å². The van der Waals surface area contributed by atoms with E-state index in [-0.39, 0.29) is 5.91 Å². The summed E-state index contributed by atoms with van der Waals surface area (Å²) >= 11 is 0. The van der Waals surface area contributed by atoms with E-state index >= 15 is 0 Å². The van der Waals surface area contributed by atoms with Crippen LogP contribution in [0.15, 0.2) is 18.2 Å². The van der Waals surface area contributed by atoms with E-state index in [1.807, 2.05) is 13.0 Å². The van der Waals surface area contributed by atoms with Gasteiger partial charge in [-0.15, -0.1) is 0 Å². The van der Waals surface area contributed by atoms with Crippen LogP contribution in [-0.4, -0.2) is 48.0 Å². The monoisotopic (exact) mass is 315 g/mol. The van der Waals surface area contributed by atoms with Gasteiger partial charge >= 0.3 is 0 Å². The van der Waals surface area contributed by atoms with E-state index in [2.05, 4.69) is 23.1 Å². The highest BCUT2D eigenvalue weighted by molar-refractivity contribution is 5.79. The van der Waals surface area contributed by atoms with Crippen LogP contribution in [0.2, 0.25) is 0 Å². The van der Waals surface area contributed by atoms with E-state index in [1.165, 1.54) is 16.0 Å². The van der Waals surface area contributed by atoms with Gasteiger partial charge in [0.25, 0.3) is 0 Å². The molecule has 124 valence electrons. The van der Waals surface area contributed by atoms with Gasteiger partial charge in [0.05, 0.1) is 19.2 Å². The molecule has 0 aliphatic carbocycles. The number of nitriles is 1. The first kappa shape index (κ1) is 17.3. The lowest BCUT2D eigenvalue weighted by atomic mass is 9.99. The number of rotatable bonds is 5. The van der Waals surface area contributed by atoms with Crippen molar-refractivity contribution >= 4 is 5.91 Å². The number of benzene rings is 1. The van der Waals surface area contributed by atoms with Crippen LogP contribution in [0.3, 0.4) is 0 Å². The van der Waals surface area contributed by atoms with Crippen molar-refractivity contribution in [2.75, 3.05) is 26.7 Å². The van der Waals surface area contributed by atoms with Crippen molar-refractivity contribution in [3.05, 3.63) is 29.3 Å². The molecule has 1 aromatic carbocycles. The van der Waals surface area contributed by atoms with Gasteiger partial charge in [-0.25, -0.2) is 0 Å². The predicted molar refractivity (Wildman–Crippen MR) is 89.1 cm³/mol. The average Bonchev–Trinajstić information content (AvgIpc) is 2.54. The maximum Gasteiger partial charge on any atom is 0.237 e. The quantitative estimate of drug-likeness (QED) is 0.836. The maximum absolute atomic E-state index is 12.4. The molecule has 1 aliphatic rings. The normalized spacial score (nSPS) is 14.7. The second-order valence-electron chi connectivity index (χ2n) is 6.45. The molecule has 0 saturated heterocycles. The number of likely N-dealkylation sites (N-methyl/N-ethyl adjacent to an activating group) is 1. The molecule has 0 N–H and O–H groups in total. The number of nitrogens with zero attached hydrogens (tertiary/aromatic N) is 3. The zero-order chi connectivity index (χ0) is 17.0. The summed E-state index contributed by atoms with van der Waals surface area (Å²) in [5.74, 6) is 0.850. The van der Waals surface area contributed by atoms with E-state index in [4.69, 9.17) is 10.00 Å². The molecule has 0 aromatic heterocycles. The number of hydrogen-bond acceptors (Lipinski definition) is 4. The van der Waals surface area contributed by atoms with Crippen LogP contribution in [0, 0.1) is 11.3 Å². The van der Waals surface area contributed by atoms with Gasteiger partial charge in [0.2, 0.25) is 5.91 Å². The van der Waals surface area contributed by atoms with Crippen LogP contribution in [-0.2, 0) is 17.8 Å². The fourth-order valence-corrected chi connectivity index (χ4v) is 2.67. The lowest BCUT2D eigenvalue weighted by molar-refractivity contribution is -0.134. The summed E-state index contributed by atoms with van der Waals surface area (Å²) in [6.07, 6.45) is 0.931. The highest BCUT2D eigenvalue weighted by Gasteiger charge is 2.29. The number of amides is 1. The molecular formula is C18H25N3O2. The smallest absolute Gasteiger partial charge is 0.237 e. The Morgan fingerprint density at radius 2 is 2.17 bits per heavy atom. The van der Waals surface area contributed by atoms with Crippen LogP contribution in [0.5, 0.6) is 5.75 Å². The molecule has 1 aliphatic heterocycles. The third-order valence-electron chi connectivity index (χ3n) is 4.43. The van der Waals surface area contributed by atoms with Gasteiger partial charge in [-0.3, -0.25) is 9.69 Å². The highest BCUT2D eigenvalue weighted by atomic mass is 16.5. The summed E-state index contributed by atoms with van der Waals surface area (Å²) in [4.78, 5) is 16.1. The molecule has 0 bridgehead atoms. The molecule has 23 heavy (non-hydrogen) atoms. The fourth-order valence-electron chi connectivity index (χ4n) is 2.67. The van der Waals surface area contributed by atoms with Crippen molar-refractivity contribution in [1.29, 1.82) is 5.26 Å². The minimum Gasteiger partial charge on any atom is -0.494 e. The van der Waals surface area contributed by atoms with Crippen LogP contribution in [0.25, 0.3) is 0 Å². The first-order valence-corrected chi connectivity index (χ1v) is 8.02. The van der Waals surface area contributed by atoms with Gasteiger partial charge in [-0.2, -0.15) is 5.26 Å². The second kappa shape index (κ2) is 7.01. The highest BCUT2D eigenvalue weighted by Crippen LogP contribution is 2.24. The van der Waals surface area contributed by atoms with Crippen LogP contribution < -0.4 is 4.74 Å². The zero-order valence-electron chi connectivity index (χ0n) is 14.4. The Balaban J connectivity index is 2.03. The van der Waals surface area contributed by atoms with Gasteiger partial charge in [0.1, 0.15) is 11.3 Å². The van der Waals surface area contributed by atoms with E-state index in [0.29, 0.717) is 13.2 Å². The Morgan fingerprint density at radius 3 is 2.83 bits per heavy atom. The third-order valence-corrected chi connectivity index (χ3v) is 4.43. The molecule has 0 spiro atoms. The first-order chi connectivity index (χ1) is 10.9. The van der Waals surface area contributed by atoms with Crippen LogP contribution >= 0.6 is 0 Å². The summed E-state index contributed by atoms with van der Waals surface area (Å²) in [6, 6.07) is 8.36. The first-order valence-electron chi connectivity index (χ1n) is 8.02. The Morgan fingerprint density at radius 1 is 1.43 bits per heavy atom.